The molecule has 1 aliphatic heterocycles. The normalized spacial score (nSPS) is 21.7. The highest BCUT2D eigenvalue weighted by Crippen LogP contribution is 2.20. The van der Waals surface area contributed by atoms with E-state index in [1.54, 1.807) is 4.90 Å². The topological polar surface area (TPSA) is 95.7 Å². The van der Waals surface area contributed by atoms with Crippen molar-refractivity contribution < 1.29 is 14.7 Å². The van der Waals surface area contributed by atoms with Gasteiger partial charge in [-0.1, -0.05) is 27.7 Å². The summed E-state index contributed by atoms with van der Waals surface area (Å²) in [5.41, 5.74) is 5.91. The van der Waals surface area contributed by atoms with E-state index in [-0.39, 0.29) is 36.3 Å². The minimum absolute atomic E-state index is 0.0441. The molecule has 1 saturated heterocycles. The van der Waals surface area contributed by atoms with Crippen molar-refractivity contribution in [2.75, 3.05) is 13.2 Å². The van der Waals surface area contributed by atoms with Crippen LogP contribution in [-0.2, 0) is 9.59 Å². The summed E-state index contributed by atoms with van der Waals surface area (Å²) in [7, 11) is 0. The Bertz CT molecular complexity index is 371. The zero-order chi connectivity index (χ0) is 16.2. The molecule has 6 heteroatoms. The van der Waals surface area contributed by atoms with Gasteiger partial charge in [-0.15, -0.1) is 0 Å². The molecule has 0 radical (unpaired) electrons. The number of hydrogen-bond acceptors (Lipinski definition) is 4. The third kappa shape index (κ3) is 4.41. The van der Waals surface area contributed by atoms with Crippen molar-refractivity contribution in [2.24, 2.45) is 17.6 Å². The van der Waals surface area contributed by atoms with E-state index in [2.05, 4.69) is 5.32 Å². The SMILES string of the molecule is CC(C)[C@H](N)C(=O)N1CCCC1C(=O)N[C@H](CO)C(C)C. The van der Waals surface area contributed by atoms with Crippen LogP contribution < -0.4 is 11.1 Å². The van der Waals surface area contributed by atoms with Crippen LogP contribution in [0.1, 0.15) is 40.5 Å². The number of nitrogens with one attached hydrogen (secondary N) is 1. The van der Waals surface area contributed by atoms with E-state index in [4.69, 9.17) is 5.73 Å². The molecular weight excluding hydrogens is 270 g/mol. The fraction of sp³-hybridized carbons (Fsp3) is 0.867. The summed E-state index contributed by atoms with van der Waals surface area (Å²) < 4.78 is 0. The third-order valence-electron chi connectivity index (χ3n) is 4.17. The number of carbonyl (C=O) groups is 2. The van der Waals surface area contributed by atoms with Crippen molar-refractivity contribution in [3.63, 3.8) is 0 Å². The largest absolute Gasteiger partial charge is 0.394 e. The average Bonchev–Trinajstić information content (AvgIpc) is 2.91. The molecular formula is C15H29N3O3. The lowest BCUT2D eigenvalue weighted by molar-refractivity contribution is -0.140. The monoisotopic (exact) mass is 299 g/mol. The summed E-state index contributed by atoms with van der Waals surface area (Å²) in [5, 5.41) is 12.1. The van der Waals surface area contributed by atoms with Gasteiger partial charge < -0.3 is 21.1 Å². The number of nitrogens with zero attached hydrogens (tertiary/aromatic N) is 1. The fourth-order valence-electron chi connectivity index (χ4n) is 2.48. The predicted molar refractivity (Wildman–Crippen MR) is 81.4 cm³/mol. The molecule has 1 aliphatic rings. The van der Waals surface area contributed by atoms with Crippen LogP contribution in [0.15, 0.2) is 0 Å². The number of hydrogen-bond donors (Lipinski definition) is 3. The first-order chi connectivity index (χ1) is 9.79. The number of aliphatic hydroxyl groups is 1. The van der Waals surface area contributed by atoms with Gasteiger partial charge in [0.25, 0.3) is 0 Å². The molecule has 0 spiro atoms. The molecule has 3 atom stereocenters. The minimum Gasteiger partial charge on any atom is -0.394 e. The lowest BCUT2D eigenvalue weighted by atomic mass is 10.0. The highest BCUT2D eigenvalue weighted by Gasteiger charge is 2.37. The van der Waals surface area contributed by atoms with E-state index in [0.29, 0.717) is 13.0 Å². The zero-order valence-corrected chi connectivity index (χ0v) is 13.5. The van der Waals surface area contributed by atoms with E-state index < -0.39 is 12.1 Å². The van der Waals surface area contributed by atoms with Gasteiger partial charge in [-0.05, 0) is 24.7 Å². The zero-order valence-electron chi connectivity index (χ0n) is 13.5. The molecule has 1 fully saturated rings. The van der Waals surface area contributed by atoms with E-state index in [9.17, 15) is 14.7 Å². The van der Waals surface area contributed by atoms with Crippen molar-refractivity contribution in [3.05, 3.63) is 0 Å². The molecule has 1 unspecified atom stereocenters. The van der Waals surface area contributed by atoms with Crippen molar-refractivity contribution >= 4 is 11.8 Å². The van der Waals surface area contributed by atoms with Gasteiger partial charge in [0, 0.05) is 6.54 Å². The van der Waals surface area contributed by atoms with Crippen LogP contribution in [0.3, 0.4) is 0 Å². The maximum absolute atomic E-state index is 12.4. The van der Waals surface area contributed by atoms with Crippen LogP contribution in [0.2, 0.25) is 0 Å². The quantitative estimate of drug-likeness (QED) is 0.648. The van der Waals surface area contributed by atoms with Gasteiger partial charge in [0.2, 0.25) is 11.8 Å². The van der Waals surface area contributed by atoms with Crippen LogP contribution in [0.5, 0.6) is 0 Å². The van der Waals surface area contributed by atoms with Gasteiger partial charge in [0.05, 0.1) is 18.7 Å². The summed E-state index contributed by atoms with van der Waals surface area (Å²) in [5.74, 6) is -0.164. The Hall–Kier alpha value is -1.14. The molecule has 122 valence electrons. The molecule has 0 bridgehead atoms. The Labute approximate surface area is 127 Å². The number of carbonyl (C=O) groups excluding carboxylic acids is 2. The molecule has 2 amide bonds. The first-order valence-corrected chi connectivity index (χ1v) is 7.76. The fourth-order valence-corrected chi connectivity index (χ4v) is 2.48. The van der Waals surface area contributed by atoms with E-state index in [1.165, 1.54) is 0 Å². The number of aliphatic hydroxyl groups excluding tert-OH is 1. The van der Waals surface area contributed by atoms with Gasteiger partial charge in [-0.25, -0.2) is 0 Å². The van der Waals surface area contributed by atoms with E-state index in [1.807, 2.05) is 27.7 Å². The molecule has 1 heterocycles. The molecule has 4 N–H and O–H groups in total. The Kier molecular flexibility index (Phi) is 6.61. The van der Waals surface area contributed by atoms with E-state index >= 15 is 0 Å². The number of nitrogens with two attached hydrogens (primary N) is 1. The molecule has 0 aromatic carbocycles. The summed E-state index contributed by atoms with van der Waals surface area (Å²) in [4.78, 5) is 26.3. The van der Waals surface area contributed by atoms with Crippen LogP contribution in [0.4, 0.5) is 0 Å². The Morgan fingerprint density at radius 3 is 2.38 bits per heavy atom. The first kappa shape index (κ1) is 17.9. The molecule has 0 aliphatic carbocycles. The van der Waals surface area contributed by atoms with Crippen LogP contribution in [0, 0.1) is 11.8 Å². The van der Waals surface area contributed by atoms with Gasteiger partial charge >= 0.3 is 0 Å². The van der Waals surface area contributed by atoms with Crippen molar-refractivity contribution in [1.82, 2.24) is 10.2 Å². The first-order valence-electron chi connectivity index (χ1n) is 7.76. The number of rotatable bonds is 6. The second kappa shape index (κ2) is 7.75. The summed E-state index contributed by atoms with van der Waals surface area (Å²) in [6.45, 7) is 8.14. The molecule has 6 nitrogen and oxygen atoms in total. The molecule has 0 saturated carbocycles. The smallest absolute Gasteiger partial charge is 0.243 e. The number of likely N-dealkylation sites (tertiary alicyclic amines) is 1. The highest BCUT2D eigenvalue weighted by atomic mass is 16.3. The molecule has 21 heavy (non-hydrogen) atoms. The molecule has 1 rings (SSSR count). The van der Waals surface area contributed by atoms with E-state index in [0.717, 1.165) is 6.42 Å². The maximum atomic E-state index is 12.4. The lowest BCUT2D eigenvalue weighted by Gasteiger charge is -2.30. The summed E-state index contributed by atoms with van der Waals surface area (Å²) in [6, 6.07) is -1.32. The minimum atomic E-state index is -0.572. The Morgan fingerprint density at radius 1 is 1.29 bits per heavy atom. The highest BCUT2D eigenvalue weighted by molar-refractivity contribution is 5.90. The molecule has 0 aromatic heterocycles. The van der Waals surface area contributed by atoms with Crippen LogP contribution >= 0.6 is 0 Å². The van der Waals surface area contributed by atoms with Gasteiger partial charge in [-0.2, -0.15) is 0 Å². The lowest BCUT2D eigenvalue weighted by Crippen LogP contribution is -2.54. The van der Waals surface area contributed by atoms with Gasteiger partial charge in [0.1, 0.15) is 6.04 Å². The second-order valence-corrected chi connectivity index (χ2v) is 6.50. The Morgan fingerprint density at radius 2 is 1.90 bits per heavy atom. The third-order valence-corrected chi connectivity index (χ3v) is 4.17. The number of amides is 2. The van der Waals surface area contributed by atoms with Gasteiger partial charge in [0.15, 0.2) is 0 Å². The summed E-state index contributed by atoms with van der Waals surface area (Å²) >= 11 is 0. The maximum Gasteiger partial charge on any atom is 0.243 e. The van der Waals surface area contributed by atoms with Gasteiger partial charge in [-0.3, -0.25) is 9.59 Å². The van der Waals surface area contributed by atoms with Crippen molar-refractivity contribution in [2.45, 2.75) is 58.7 Å². The predicted octanol–water partition coefficient (Wildman–Crippen LogP) is 0.0938. The standard InChI is InChI=1S/C15H29N3O3/c1-9(2)11(8-19)17-14(20)12-6-5-7-18(12)15(21)13(16)10(3)4/h9-13,19H,5-8,16H2,1-4H3,(H,17,20)/t11-,12?,13+/m1/s1. The van der Waals surface area contributed by atoms with Crippen molar-refractivity contribution in [3.8, 4) is 0 Å². The Balaban J connectivity index is 2.72. The van der Waals surface area contributed by atoms with Crippen molar-refractivity contribution in [1.29, 1.82) is 0 Å². The second-order valence-electron chi connectivity index (χ2n) is 6.50. The van der Waals surface area contributed by atoms with Crippen LogP contribution in [0.25, 0.3) is 0 Å². The summed E-state index contributed by atoms with van der Waals surface area (Å²) in [6.07, 6.45) is 1.46. The molecule has 0 aromatic rings. The van der Waals surface area contributed by atoms with Crippen LogP contribution in [-0.4, -0.2) is 53.1 Å². The average molecular weight is 299 g/mol.